The minimum absolute atomic E-state index is 0.193. The summed E-state index contributed by atoms with van der Waals surface area (Å²) >= 11 is 0. The molecule has 2 aromatic carbocycles. The molecule has 11 nitrogen and oxygen atoms in total. The van der Waals surface area contributed by atoms with Gasteiger partial charge in [-0.15, -0.1) is 0 Å². The van der Waals surface area contributed by atoms with Gasteiger partial charge in [-0.05, 0) is 31.0 Å². The number of carbonyl (C=O) groups excluding carboxylic acids is 1. The number of aromatic nitrogens is 4. The van der Waals surface area contributed by atoms with Crippen LogP contribution in [0.2, 0.25) is 0 Å². The van der Waals surface area contributed by atoms with Crippen LogP contribution < -0.4 is 14.4 Å². The number of ether oxygens (including phenoxy) is 2. The van der Waals surface area contributed by atoms with Crippen molar-refractivity contribution in [3.63, 3.8) is 0 Å². The Balaban J connectivity index is 1.20. The number of methoxy groups -OCH3 is 2. The molecule has 0 aliphatic carbocycles. The summed E-state index contributed by atoms with van der Waals surface area (Å²) < 4.78 is 13.0. The summed E-state index contributed by atoms with van der Waals surface area (Å²) in [6.07, 6.45) is 7.69. The smallest absolute Gasteiger partial charge is 0.219 e. The van der Waals surface area contributed by atoms with Gasteiger partial charge >= 0.3 is 0 Å². The molecule has 0 radical (unpaired) electrons. The first-order valence-corrected chi connectivity index (χ1v) is 15.4. The molecule has 2 saturated heterocycles. The number of nitrogens with zero attached hydrogens (tertiary/aromatic N) is 8. The Bertz CT molecular complexity index is 1570. The number of aryl methyl sites for hydroxylation is 1. The number of piperidine rings is 1. The normalized spacial score (nSPS) is 16.8. The lowest BCUT2D eigenvalue weighted by atomic mass is 10.0. The molecule has 0 N–H and O–H groups in total. The minimum atomic E-state index is 0.193. The van der Waals surface area contributed by atoms with Crippen LogP contribution in [0.25, 0.3) is 22.3 Å². The molecule has 2 fully saturated rings. The fourth-order valence-corrected chi connectivity index (χ4v) is 6.36. The van der Waals surface area contributed by atoms with E-state index < -0.39 is 0 Å². The number of fused-ring (bicyclic) bond motifs is 1. The average Bonchev–Trinajstić information content (AvgIpc) is 3.50. The first-order valence-electron chi connectivity index (χ1n) is 15.4. The number of likely N-dealkylation sites (tertiary alicyclic amines) is 1. The number of benzene rings is 2. The van der Waals surface area contributed by atoms with Gasteiger partial charge in [-0.1, -0.05) is 0 Å². The molecular formula is C33H42N8O3. The molecule has 232 valence electrons. The van der Waals surface area contributed by atoms with E-state index in [4.69, 9.17) is 14.5 Å². The molecule has 2 aliphatic rings. The van der Waals surface area contributed by atoms with Crippen molar-refractivity contribution in [1.82, 2.24) is 34.4 Å². The van der Waals surface area contributed by atoms with Gasteiger partial charge < -0.3 is 19.3 Å². The highest BCUT2D eigenvalue weighted by Crippen LogP contribution is 2.34. The van der Waals surface area contributed by atoms with Crippen LogP contribution in [0.5, 0.6) is 11.5 Å². The van der Waals surface area contributed by atoms with Gasteiger partial charge in [0.05, 0.1) is 43.3 Å². The predicted octanol–water partition coefficient (Wildman–Crippen LogP) is 3.81. The van der Waals surface area contributed by atoms with Gasteiger partial charge in [0, 0.05) is 114 Å². The van der Waals surface area contributed by atoms with Crippen LogP contribution in [0, 0.1) is 0 Å². The molecule has 0 bridgehead atoms. The molecule has 0 unspecified atom stereocenters. The Labute approximate surface area is 259 Å². The summed E-state index contributed by atoms with van der Waals surface area (Å²) in [5.74, 6) is 1.68. The number of hydrogen-bond acceptors (Lipinski definition) is 9. The number of amides is 1. The topological polar surface area (TPSA) is 92.1 Å². The zero-order chi connectivity index (χ0) is 30.6. The third-order valence-electron chi connectivity index (χ3n) is 8.96. The second-order valence-corrected chi connectivity index (χ2v) is 11.7. The van der Waals surface area contributed by atoms with E-state index in [0.29, 0.717) is 6.04 Å². The Morgan fingerprint density at radius 3 is 2.27 bits per heavy atom. The van der Waals surface area contributed by atoms with Crippen LogP contribution in [-0.2, 0) is 11.8 Å². The van der Waals surface area contributed by atoms with Gasteiger partial charge in [0.15, 0.2) is 0 Å². The number of piperazine rings is 1. The summed E-state index contributed by atoms with van der Waals surface area (Å²) in [4.78, 5) is 30.8. The lowest BCUT2D eigenvalue weighted by molar-refractivity contribution is -0.130. The summed E-state index contributed by atoms with van der Waals surface area (Å²) in [6.45, 7) is 9.29. The lowest BCUT2D eigenvalue weighted by Gasteiger charge is -2.43. The van der Waals surface area contributed by atoms with E-state index in [1.54, 1.807) is 32.0 Å². The van der Waals surface area contributed by atoms with Crippen LogP contribution in [0.4, 0.5) is 11.4 Å². The van der Waals surface area contributed by atoms with Crippen LogP contribution in [0.15, 0.2) is 55.0 Å². The third kappa shape index (κ3) is 6.63. The standard InChI is InChI=1S/C33H42N8O3/c1-24(42)39-9-7-26(8-10-39)40-14-11-38(12-15-40)13-16-41(28-17-29(43-3)20-30(18-28)44-4)27-5-6-31-32(19-27)36-33(22-34-31)25-21-35-37(2)23-25/h5-6,17-23,26H,7-16H2,1-4H3. The van der Waals surface area contributed by atoms with Crippen molar-refractivity contribution in [2.75, 3.05) is 71.5 Å². The molecule has 4 heterocycles. The third-order valence-corrected chi connectivity index (χ3v) is 8.96. The van der Waals surface area contributed by atoms with Crippen molar-refractivity contribution in [3.05, 3.63) is 55.0 Å². The molecule has 6 rings (SSSR count). The molecule has 2 aliphatic heterocycles. The predicted molar refractivity (Wildman–Crippen MR) is 172 cm³/mol. The van der Waals surface area contributed by atoms with Crippen molar-refractivity contribution < 1.29 is 14.3 Å². The Hall–Kier alpha value is -4.22. The minimum Gasteiger partial charge on any atom is -0.497 e. The van der Waals surface area contributed by atoms with Gasteiger partial charge in [-0.3, -0.25) is 24.3 Å². The van der Waals surface area contributed by atoms with Gasteiger partial charge in [-0.25, -0.2) is 4.98 Å². The van der Waals surface area contributed by atoms with Crippen molar-refractivity contribution in [2.24, 2.45) is 7.05 Å². The van der Waals surface area contributed by atoms with Crippen molar-refractivity contribution in [3.8, 4) is 22.8 Å². The number of carbonyl (C=O) groups is 1. The summed E-state index contributed by atoms with van der Waals surface area (Å²) in [7, 11) is 5.26. The first-order chi connectivity index (χ1) is 21.4. The highest BCUT2D eigenvalue weighted by atomic mass is 16.5. The van der Waals surface area contributed by atoms with E-state index in [0.717, 1.165) is 110 Å². The van der Waals surface area contributed by atoms with Crippen LogP contribution >= 0.6 is 0 Å². The lowest BCUT2D eigenvalue weighted by Crippen LogP contribution is -2.54. The molecule has 0 atom stereocenters. The molecule has 1 amide bonds. The average molecular weight is 599 g/mol. The van der Waals surface area contributed by atoms with Crippen molar-refractivity contribution in [1.29, 1.82) is 0 Å². The molecule has 11 heteroatoms. The van der Waals surface area contributed by atoms with Crippen LogP contribution in [0.1, 0.15) is 19.8 Å². The Morgan fingerprint density at radius 1 is 0.909 bits per heavy atom. The molecule has 0 spiro atoms. The van der Waals surface area contributed by atoms with Crippen LogP contribution in [-0.4, -0.2) is 113 Å². The molecule has 44 heavy (non-hydrogen) atoms. The Kier molecular flexibility index (Phi) is 8.94. The van der Waals surface area contributed by atoms with Gasteiger partial charge in [0.1, 0.15) is 11.5 Å². The Morgan fingerprint density at radius 2 is 1.64 bits per heavy atom. The maximum Gasteiger partial charge on any atom is 0.219 e. The number of anilines is 2. The van der Waals surface area contributed by atoms with Gasteiger partial charge in [-0.2, -0.15) is 5.10 Å². The zero-order valence-electron chi connectivity index (χ0n) is 26.1. The molecular weight excluding hydrogens is 556 g/mol. The first kappa shape index (κ1) is 29.8. The summed E-state index contributed by atoms with van der Waals surface area (Å²) in [5.41, 5.74) is 5.42. The highest BCUT2D eigenvalue weighted by Gasteiger charge is 2.28. The zero-order valence-corrected chi connectivity index (χ0v) is 26.1. The second kappa shape index (κ2) is 13.2. The fraction of sp³-hybridized carbons (Fsp3) is 0.455. The van der Waals surface area contributed by atoms with E-state index >= 15 is 0 Å². The molecule has 0 saturated carbocycles. The largest absolute Gasteiger partial charge is 0.497 e. The maximum atomic E-state index is 11.7. The van der Waals surface area contributed by atoms with E-state index in [9.17, 15) is 4.79 Å². The van der Waals surface area contributed by atoms with E-state index in [2.05, 4.69) is 49.0 Å². The monoisotopic (exact) mass is 598 g/mol. The number of hydrogen-bond donors (Lipinski definition) is 0. The van der Waals surface area contributed by atoms with Crippen molar-refractivity contribution >= 4 is 28.3 Å². The number of rotatable bonds is 9. The van der Waals surface area contributed by atoms with E-state index in [-0.39, 0.29) is 5.91 Å². The maximum absolute atomic E-state index is 11.7. The van der Waals surface area contributed by atoms with Crippen LogP contribution in [0.3, 0.4) is 0 Å². The summed E-state index contributed by atoms with van der Waals surface area (Å²) in [6, 6.07) is 12.8. The van der Waals surface area contributed by atoms with E-state index in [1.165, 1.54) is 0 Å². The SMILES string of the molecule is COc1cc(OC)cc(N(CCN2CCN(C3CCN(C(C)=O)CC3)CC2)c2ccc3ncc(-c4cnn(C)c4)nc3c2)c1. The highest BCUT2D eigenvalue weighted by molar-refractivity contribution is 5.82. The summed E-state index contributed by atoms with van der Waals surface area (Å²) in [5, 5.41) is 4.30. The molecule has 2 aromatic heterocycles. The van der Waals surface area contributed by atoms with Gasteiger partial charge in [0.2, 0.25) is 5.91 Å². The quantitative estimate of drug-likeness (QED) is 0.285. The van der Waals surface area contributed by atoms with Crippen molar-refractivity contribution in [2.45, 2.75) is 25.8 Å². The fourth-order valence-electron chi connectivity index (χ4n) is 6.36. The second-order valence-electron chi connectivity index (χ2n) is 11.7. The van der Waals surface area contributed by atoms with E-state index in [1.807, 2.05) is 36.5 Å². The van der Waals surface area contributed by atoms with Gasteiger partial charge in [0.25, 0.3) is 0 Å². The molecule has 4 aromatic rings.